The lowest BCUT2D eigenvalue weighted by Crippen LogP contribution is -2.46. The summed E-state index contributed by atoms with van der Waals surface area (Å²) in [5, 5.41) is 13.6. The predicted molar refractivity (Wildman–Crippen MR) is 104 cm³/mol. The average molecular weight is 362 g/mol. The number of benzene rings is 2. The Morgan fingerprint density at radius 2 is 1.48 bits per heavy atom. The first kappa shape index (κ1) is 18.3. The Labute approximate surface area is 158 Å². The topological polar surface area (TPSA) is 81.4 Å². The number of urea groups is 1. The molecule has 138 valence electrons. The predicted octanol–water partition coefficient (Wildman–Crippen LogP) is 3.72. The first-order chi connectivity index (χ1) is 13.2. The first-order valence-electron chi connectivity index (χ1n) is 8.69. The highest BCUT2D eigenvalue weighted by Crippen LogP contribution is 2.10. The standard InChI is InChI=1S/C21H22N4O2/c22-20(24-21(26)23-14-19-12-7-13-27-19)25(15-17-8-3-1-4-9-17)16-18-10-5-2-6-11-18/h1-13H,14-16H2,(H3,22,23,24,26). The van der Waals surface area contributed by atoms with Crippen molar-refractivity contribution < 1.29 is 9.21 Å². The summed E-state index contributed by atoms with van der Waals surface area (Å²) >= 11 is 0. The van der Waals surface area contributed by atoms with E-state index in [0.29, 0.717) is 18.8 Å². The highest BCUT2D eigenvalue weighted by Gasteiger charge is 2.14. The highest BCUT2D eigenvalue weighted by molar-refractivity contribution is 5.94. The molecular formula is C21H22N4O2. The minimum Gasteiger partial charge on any atom is -0.467 e. The third-order valence-corrected chi connectivity index (χ3v) is 3.98. The molecule has 3 aromatic rings. The van der Waals surface area contributed by atoms with Gasteiger partial charge >= 0.3 is 6.03 Å². The summed E-state index contributed by atoms with van der Waals surface area (Å²) < 4.78 is 5.19. The van der Waals surface area contributed by atoms with Crippen LogP contribution in [-0.4, -0.2) is 16.9 Å². The van der Waals surface area contributed by atoms with Crippen LogP contribution >= 0.6 is 0 Å². The van der Waals surface area contributed by atoms with Gasteiger partial charge in [0.1, 0.15) is 5.76 Å². The molecule has 2 amide bonds. The Hall–Kier alpha value is -3.54. The van der Waals surface area contributed by atoms with Gasteiger partial charge in [-0.25, -0.2) is 4.79 Å². The van der Waals surface area contributed by atoms with Gasteiger partial charge in [-0.2, -0.15) is 0 Å². The molecule has 0 aliphatic carbocycles. The summed E-state index contributed by atoms with van der Waals surface area (Å²) in [7, 11) is 0. The molecule has 0 atom stereocenters. The third-order valence-electron chi connectivity index (χ3n) is 3.98. The molecule has 0 saturated heterocycles. The van der Waals surface area contributed by atoms with Crippen molar-refractivity contribution in [3.63, 3.8) is 0 Å². The molecule has 1 aromatic heterocycles. The van der Waals surface area contributed by atoms with Crippen LogP contribution in [0.15, 0.2) is 83.5 Å². The maximum Gasteiger partial charge on any atom is 0.321 e. The fourth-order valence-electron chi connectivity index (χ4n) is 2.63. The number of nitrogens with zero attached hydrogens (tertiary/aromatic N) is 1. The van der Waals surface area contributed by atoms with E-state index >= 15 is 0 Å². The van der Waals surface area contributed by atoms with Crippen LogP contribution in [0.4, 0.5) is 4.79 Å². The summed E-state index contributed by atoms with van der Waals surface area (Å²) in [5.41, 5.74) is 2.13. The van der Waals surface area contributed by atoms with Crippen LogP contribution in [0.3, 0.4) is 0 Å². The van der Waals surface area contributed by atoms with E-state index < -0.39 is 6.03 Å². The lowest BCUT2D eigenvalue weighted by Gasteiger charge is -2.25. The molecule has 0 spiro atoms. The fraction of sp³-hybridized carbons (Fsp3) is 0.143. The summed E-state index contributed by atoms with van der Waals surface area (Å²) in [6.45, 7) is 1.31. The lowest BCUT2D eigenvalue weighted by molar-refractivity contribution is 0.242. The van der Waals surface area contributed by atoms with E-state index in [1.165, 1.54) is 0 Å². The fourth-order valence-corrected chi connectivity index (χ4v) is 2.63. The van der Waals surface area contributed by atoms with Crippen molar-refractivity contribution in [2.45, 2.75) is 19.6 Å². The number of rotatable bonds is 6. The van der Waals surface area contributed by atoms with Crippen LogP contribution in [0.25, 0.3) is 0 Å². The van der Waals surface area contributed by atoms with Crippen molar-refractivity contribution in [3.8, 4) is 0 Å². The number of furan rings is 1. The van der Waals surface area contributed by atoms with Gasteiger partial charge in [-0.3, -0.25) is 10.7 Å². The van der Waals surface area contributed by atoms with E-state index in [1.54, 1.807) is 18.4 Å². The smallest absolute Gasteiger partial charge is 0.321 e. The Kier molecular flexibility index (Phi) is 6.25. The van der Waals surface area contributed by atoms with Crippen molar-refractivity contribution in [1.29, 1.82) is 5.41 Å². The normalized spacial score (nSPS) is 10.2. The van der Waals surface area contributed by atoms with E-state index in [4.69, 9.17) is 9.83 Å². The quantitative estimate of drug-likeness (QED) is 0.462. The first-order valence-corrected chi connectivity index (χ1v) is 8.69. The molecule has 3 rings (SSSR count). The largest absolute Gasteiger partial charge is 0.467 e. The van der Waals surface area contributed by atoms with Crippen LogP contribution in [0.5, 0.6) is 0 Å². The molecule has 1 heterocycles. The molecule has 6 heteroatoms. The molecule has 0 radical (unpaired) electrons. The molecule has 2 aromatic carbocycles. The molecule has 0 bridgehead atoms. The third kappa shape index (κ3) is 5.74. The molecule has 0 fully saturated rings. The Balaban J connectivity index is 1.63. The van der Waals surface area contributed by atoms with Crippen LogP contribution < -0.4 is 10.6 Å². The molecule has 0 unspecified atom stereocenters. The molecule has 27 heavy (non-hydrogen) atoms. The summed E-state index contributed by atoms with van der Waals surface area (Å²) in [6, 6.07) is 22.9. The van der Waals surface area contributed by atoms with Gasteiger partial charge in [-0.15, -0.1) is 0 Å². The van der Waals surface area contributed by atoms with E-state index in [-0.39, 0.29) is 12.5 Å². The Bertz CT molecular complexity index is 807. The van der Waals surface area contributed by atoms with E-state index in [9.17, 15) is 4.79 Å². The molecular weight excluding hydrogens is 340 g/mol. The zero-order chi connectivity index (χ0) is 18.9. The van der Waals surface area contributed by atoms with Crippen molar-refractivity contribution in [2.75, 3.05) is 0 Å². The van der Waals surface area contributed by atoms with Gasteiger partial charge in [0, 0.05) is 13.1 Å². The average Bonchev–Trinajstić information content (AvgIpc) is 3.21. The number of hydrogen-bond acceptors (Lipinski definition) is 3. The Morgan fingerprint density at radius 1 is 0.889 bits per heavy atom. The zero-order valence-corrected chi connectivity index (χ0v) is 14.9. The number of guanidine groups is 1. The number of carbonyl (C=O) groups is 1. The van der Waals surface area contributed by atoms with Crippen molar-refractivity contribution in [3.05, 3.63) is 95.9 Å². The molecule has 0 aliphatic heterocycles. The van der Waals surface area contributed by atoms with Crippen molar-refractivity contribution >= 4 is 12.0 Å². The second-order valence-electron chi connectivity index (χ2n) is 6.06. The van der Waals surface area contributed by atoms with Gasteiger partial charge < -0.3 is 14.6 Å². The Morgan fingerprint density at radius 3 is 2.00 bits per heavy atom. The molecule has 0 aliphatic rings. The zero-order valence-electron chi connectivity index (χ0n) is 14.9. The van der Waals surface area contributed by atoms with E-state index in [2.05, 4.69) is 10.6 Å². The van der Waals surface area contributed by atoms with Gasteiger partial charge in [0.05, 0.1) is 12.8 Å². The highest BCUT2D eigenvalue weighted by atomic mass is 16.3. The molecule has 6 nitrogen and oxygen atoms in total. The van der Waals surface area contributed by atoms with Crippen LogP contribution in [0.1, 0.15) is 16.9 Å². The van der Waals surface area contributed by atoms with Crippen molar-refractivity contribution in [1.82, 2.24) is 15.5 Å². The lowest BCUT2D eigenvalue weighted by atomic mass is 10.2. The molecule has 0 saturated carbocycles. The van der Waals surface area contributed by atoms with Gasteiger partial charge in [0.15, 0.2) is 5.96 Å². The minimum atomic E-state index is -0.442. The summed E-state index contributed by atoms with van der Waals surface area (Å²) in [5.74, 6) is 0.696. The maximum atomic E-state index is 12.1. The molecule has 3 N–H and O–H groups in total. The van der Waals surface area contributed by atoms with E-state index in [1.807, 2.05) is 65.6 Å². The van der Waals surface area contributed by atoms with Crippen LogP contribution in [0.2, 0.25) is 0 Å². The maximum absolute atomic E-state index is 12.1. The second kappa shape index (κ2) is 9.24. The van der Waals surface area contributed by atoms with Gasteiger partial charge in [0.25, 0.3) is 0 Å². The number of hydrogen-bond donors (Lipinski definition) is 3. The second-order valence-corrected chi connectivity index (χ2v) is 6.06. The SMILES string of the molecule is N=C(NC(=O)NCc1ccco1)N(Cc1ccccc1)Cc1ccccc1. The van der Waals surface area contributed by atoms with E-state index in [0.717, 1.165) is 11.1 Å². The summed E-state index contributed by atoms with van der Waals surface area (Å²) in [6.07, 6.45) is 1.55. The number of amides is 2. The minimum absolute atomic E-state index is 0.0413. The number of carbonyl (C=O) groups excluding carboxylic acids is 1. The van der Waals surface area contributed by atoms with Crippen molar-refractivity contribution in [2.24, 2.45) is 0 Å². The van der Waals surface area contributed by atoms with Gasteiger partial charge in [-0.05, 0) is 23.3 Å². The summed E-state index contributed by atoms with van der Waals surface area (Å²) in [4.78, 5) is 13.9. The van der Waals surface area contributed by atoms with Crippen LogP contribution in [0, 0.1) is 5.41 Å². The monoisotopic (exact) mass is 362 g/mol. The van der Waals surface area contributed by atoms with Gasteiger partial charge in [0.2, 0.25) is 0 Å². The number of nitrogens with one attached hydrogen (secondary N) is 3. The van der Waals surface area contributed by atoms with Gasteiger partial charge in [-0.1, -0.05) is 60.7 Å². The van der Waals surface area contributed by atoms with Crippen LogP contribution in [-0.2, 0) is 19.6 Å².